The number of aromatic nitrogens is 1. The minimum Gasteiger partial charge on any atom is -0.492 e. The third kappa shape index (κ3) is 5.58. The number of ether oxygens (including phenoxy) is 1. The molecule has 1 aromatic heterocycles. The van der Waals surface area contributed by atoms with Crippen molar-refractivity contribution >= 4 is 26.0 Å². The van der Waals surface area contributed by atoms with Crippen LogP contribution in [-0.4, -0.2) is 20.0 Å². The monoisotopic (exact) mass is 412 g/mol. The maximum Gasteiger partial charge on any atom is 0.241 e. The average Bonchev–Trinajstić information content (AvgIpc) is 2.59. The zero-order chi connectivity index (χ0) is 17.4. The van der Waals surface area contributed by atoms with Gasteiger partial charge in [0.05, 0.1) is 16.0 Å². The van der Waals surface area contributed by atoms with E-state index < -0.39 is 10.0 Å². The summed E-state index contributed by atoms with van der Waals surface area (Å²) in [5.74, 6) is 0.537. The normalized spacial score (nSPS) is 11.4. The van der Waals surface area contributed by atoms with Gasteiger partial charge in [0.2, 0.25) is 10.0 Å². The van der Waals surface area contributed by atoms with Gasteiger partial charge in [-0.1, -0.05) is 25.8 Å². The predicted molar refractivity (Wildman–Crippen MR) is 97.4 cm³/mol. The number of hydrogen-bond acceptors (Lipinski definition) is 4. The van der Waals surface area contributed by atoms with E-state index in [9.17, 15) is 8.42 Å². The Morgan fingerprint density at radius 1 is 1.25 bits per heavy atom. The molecule has 7 heteroatoms. The molecular weight excluding hydrogens is 392 g/mol. The Kier molecular flexibility index (Phi) is 7.20. The Balaban J connectivity index is 2.06. The molecular formula is C17H21BrN2O3S. The van der Waals surface area contributed by atoms with E-state index >= 15 is 0 Å². The summed E-state index contributed by atoms with van der Waals surface area (Å²) in [6, 6.07) is 8.37. The van der Waals surface area contributed by atoms with Crippen molar-refractivity contribution < 1.29 is 13.2 Å². The third-order valence-electron chi connectivity index (χ3n) is 3.41. The van der Waals surface area contributed by atoms with Crippen LogP contribution >= 0.6 is 15.9 Å². The summed E-state index contributed by atoms with van der Waals surface area (Å²) < 4.78 is 33.9. The van der Waals surface area contributed by atoms with E-state index in [2.05, 4.69) is 32.6 Å². The number of hydrogen-bond donors (Lipinski definition) is 1. The summed E-state index contributed by atoms with van der Waals surface area (Å²) in [5, 5.41) is 0. The van der Waals surface area contributed by atoms with Crippen molar-refractivity contribution in [2.75, 3.05) is 6.61 Å². The molecule has 24 heavy (non-hydrogen) atoms. The molecule has 1 aromatic carbocycles. The lowest BCUT2D eigenvalue weighted by Crippen LogP contribution is -2.23. The first kappa shape index (κ1) is 18.9. The van der Waals surface area contributed by atoms with Crippen LogP contribution in [0.15, 0.2) is 52.1 Å². The van der Waals surface area contributed by atoms with Gasteiger partial charge in [0, 0.05) is 25.0 Å². The lowest BCUT2D eigenvalue weighted by molar-refractivity contribution is 0.303. The number of nitrogens with one attached hydrogen (secondary N) is 1. The number of halogens is 1. The van der Waals surface area contributed by atoms with Crippen molar-refractivity contribution in [2.24, 2.45) is 0 Å². The summed E-state index contributed by atoms with van der Waals surface area (Å²) in [4.78, 5) is 4.15. The van der Waals surface area contributed by atoms with E-state index in [4.69, 9.17) is 4.74 Å². The highest BCUT2D eigenvalue weighted by Crippen LogP contribution is 2.28. The quantitative estimate of drug-likeness (QED) is 0.634. The largest absolute Gasteiger partial charge is 0.492 e. The van der Waals surface area contributed by atoms with Gasteiger partial charge in [0.1, 0.15) is 5.75 Å². The number of pyridine rings is 1. The summed E-state index contributed by atoms with van der Waals surface area (Å²) in [6.07, 6.45) is 6.42. The van der Waals surface area contributed by atoms with Crippen LogP contribution in [-0.2, 0) is 16.6 Å². The van der Waals surface area contributed by atoms with Crippen molar-refractivity contribution in [1.29, 1.82) is 0 Å². The van der Waals surface area contributed by atoms with E-state index in [-0.39, 0.29) is 11.4 Å². The minimum atomic E-state index is -3.61. The fraction of sp³-hybridized carbons (Fsp3) is 0.353. The van der Waals surface area contributed by atoms with Gasteiger partial charge >= 0.3 is 0 Å². The smallest absolute Gasteiger partial charge is 0.241 e. The van der Waals surface area contributed by atoms with E-state index in [0.717, 1.165) is 29.3 Å². The maximum atomic E-state index is 12.4. The van der Waals surface area contributed by atoms with Gasteiger partial charge in [0.25, 0.3) is 0 Å². The topological polar surface area (TPSA) is 68.3 Å². The molecule has 0 radical (unpaired) electrons. The van der Waals surface area contributed by atoms with Gasteiger partial charge in [-0.2, -0.15) is 0 Å². The Hall–Kier alpha value is -1.44. The molecule has 0 aliphatic rings. The Morgan fingerprint density at radius 2 is 2.08 bits per heavy atom. The summed E-state index contributed by atoms with van der Waals surface area (Å²) in [5.41, 5.74) is 0.800. The van der Waals surface area contributed by atoms with E-state index in [1.54, 1.807) is 36.7 Å². The zero-order valence-corrected chi connectivity index (χ0v) is 15.9. The second kappa shape index (κ2) is 9.15. The molecule has 0 aliphatic heterocycles. The molecule has 0 saturated heterocycles. The molecule has 1 heterocycles. The van der Waals surface area contributed by atoms with Crippen LogP contribution in [0.3, 0.4) is 0 Å². The molecule has 1 N–H and O–H groups in total. The fourth-order valence-corrected chi connectivity index (χ4v) is 3.45. The number of sulfonamides is 1. The molecule has 0 atom stereocenters. The Morgan fingerprint density at radius 3 is 2.79 bits per heavy atom. The molecule has 0 spiro atoms. The van der Waals surface area contributed by atoms with Crippen molar-refractivity contribution in [3.8, 4) is 5.75 Å². The third-order valence-corrected chi connectivity index (χ3v) is 5.46. The predicted octanol–water partition coefficient (Wildman–Crippen LogP) is 3.89. The van der Waals surface area contributed by atoms with E-state index in [0.29, 0.717) is 12.4 Å². The zero-order valence-electron chi connectivity index (χ0n) is 13.5. The molecule has 2 rings (SSSR count). The van der Waals surface area contributed by atoms with Gasteiger partial charge < -0.3 is 4.74 Å². The Bertz CT molecular complexity index is 752. The highest BCUT2D eigenvalue weighted by molar-refractivity contribution is 9.10. The van der Waals surface area contributed by atoms with Gasteiger partial charge in [-0.25, -0.2) is 13.1 Å². The van der Waals surface area contributed by atoms with Crippen LogP contribution in [0.5, 0.6) is 5.75 Å². The molecule has 130 valence electrons. The van der Waals surface area contributed by atoms with Crippen LogP contribution in [0.2, 0.25) is 0 Å². The van der Waals surface area contributed by atoms with Crippen molar-refractivity contribution in [1.82, 2.24) is 9.71 Å². The van der Waals surface area contributed by atoms with Crippen molar-refractivity contribution in [2.45, 2.75) is 37.6 Å². The van der Waals surface area contributed by atoms with Gasteiger partial charge in [-0.15, -0.1) is 0 Å². The van der Waals surface area contributed by atoms with Gasteiger partial charge in [-0.05, 0) is 46.1 Å². The average molecular weight is 413 g/mol. The van der Waals surface area contributed by atoms with Crippen LogP contribution in [0, 0.1) is 0 Å². The molecule has 0 unspecified atom stereocenters. The van der Waals surface area contributed by atoms with Crippen molar-refractivity contribution in [3.63, 3.8) is 0 Å². The van der Waals surface area contributed by atoms with Crippen LogP contribution < -0.4 is 9.46 Å². The first-order valence-corrected chi connectivity index (χ1v) is 10.1. The molecule has 0 amide bonds. The second-order valence-electron chi connectivity index (χ2n) is 5.33. The maximum absolute atomic E-state index is 12.4. The molecule has 2 aromatic rings. The fourth-order valence-electron chi connectivity index (χ4n) is 2.06. The van der Waals surface area contributed by atoms with Gasteiger partial charge in [-0.3, -0.25) is 4.98 Å². The molecule has 0 saturated carbocycles. The van der Waals surface area contributed by atoms with Crippen molar-refractivity contribution in [3.05, 3.63) is 52.8 Å². The molecule has 0 bridgehead atoms. The van der Waals surface area contributed by atoms with Gasteiger partial charge in [0.15, 0.2) is 0 Å². The van der Waals surface area contributed by atoms with Crippen LogP contribution in [0.25, 0.3) is 0 Å². The summed E-state index contributed by atoms with van der Waals surface area (Å²) in [7, 11) is -3.61. The van der Waals surface area contributed by atoms with Crippen LogP contribution in [0.4, 0.5) is 0 Å². The first-order chi connectivity index (χ1) is 11.5. The first-order valence-electron chi connectivity index (χ1n) is 7.84. The molecule has 5 nitrogen and oxygen atoms in total. The van der Waals surface area contributed by atoms with Crippen LogP contribution in [0.1, 0.15) is 31.7 Å². The lowest BCUT2D eigenvalue weighted by atomic mass is 10.3. The molecule has 0 fully saturated rings. The number of benzene rings is 1. The SMILES string of the molecule is CCCCCOc1cc(S(=O)(=O)NCc2cccnc2)ccc1Br. The Labute approximate surface area is 151 Å². The highest BCUT2D eigenvalue weighted by atomic mass is 79.9. The van der Waals surface area contributed by atoms with E-state index in [1.165, 1.54) is 0 Å². The highest BCUT2D eigenvalue weighted by Gasteiger charge is 2.16. The summed E-state index contributed by atoms with van der Waals surface area (Å²) >= 11 is 3.39. The number of nitrogens with zero attached hydrogens (tertiary/aromatic N) is 1. The standard InChI is InChI=1S/C17H21BrN2O3S/c1-2-3-4-10-23-17-11-15(7-8-16(17)18)24(21,22)20-13-14-6-5-9-19-12-14/h5-9,11-12,20H,2-4,10,13H2,1H3. The second-order valence-corrected chi connectivity index (χ2v) is 7.95. The summed E-state index contributed by atoms with van der Waals surface area (Å²) in [6.45, 7) is 2.88. The minimum absolute atomic E-state index is 0.181. The molecule has 0 aliphatic carbocycles. The number of rotatable bonds is 9. The number of unbranched alkanes of at least 4 members (excludes halogenated alkanes) is 2. The lowest BCUT2D eigenvalue weighted by Gasteiger charge is -2.11. The van der Waals surface area contributed by atoms with E-state index in [1.807, 2.05) is 6.07 Å².